The fraction of sp³-hybridized carbons (Fsp3) is 0.263. The van der Waals surface area contributed by atoms with Crippen LogP contribution in [-0.4, -0.2) is 31.9 Å². The van der Waals surface area contributed by atoms with Gasteiger partial charge in [0.2, 0.25) is 5.91 Å². The minimum absolute atomic E-state index is 0.163. The number of hydrogen-bond acceptors (Lipinski definition) is 6. The van der Waals surface area contributed by atoms with E-state index in [1.165, 1.54) is 10.9 Å². The minimum atomic E-state index is -1.00. The summed E-state index contributed by atoms with van der Waals surface area (Å²) >= 11 is 0. The maximum Gasteiger partial charge on any atom is 0.325 e. The number of nitrogens with one attached hydrogen (secondary N) is 1. The third kappa shape index (κ3) is 4.97. The average molecular weight is 384 g/mol. The number of aliphatic carboxylic acids is 1. The summed E-state index contributed by atoms with van der Waals surface area (Å²) in [5, 5.41) is 19.2. The Balaban J connectivity index is 1.51. The second-order valence-corrected chi connectivity index (χ2v) is 6.25. The monoisotopic (exact) mass is 384 g/mol. The molecule has 9 heteroatoms. The van der Waals surface area contributed by atoms with E-state index in [1.54, 1.807) is 18.2 Å². The first-order valence-electron chi connectivity index (χ1n) is 8.59. The molecule has 0 spiro atoms. The van der Waals surface area contributed by atoms with Gasteiger partial charge in [-0.1, -0.05) is 17.3 Å². The highest BCUT2D eigenvalue weighted by Gasteiger charge is 2.10. The second-order valence-electron chi connectivity index (χ2n) is 6.25. The number of nitrogens with zero attached hydrogens (tertiary/aromatic N) is 3. The highest BCUT2D eigenvalue weighted by molar-refractivity contribution is 5.91. The zero-order valence-electron chi connectivity index (χ0n) is 15.5. The lowest BCUT2D eigenvalue weighted by Crippen LogP contribution is -2.15. The number of aromatic nitrogens is 3. The van der Waals surface area contributed by atoms with E-state index in [0.29, 0.717) is 18.2 Å². The van der Waals surface area contributed by atoms with Crippen LogP contribution >= 0.6 is 0 Å². The minimum Gasteiger partial charge on any atom is -0.489 e. The summed E-state index contributed by atoms with van der Waals surface area (Å²) in [5.41, 5.74) is 2.54. The molecule has 3 aromatic rings. The Bertz CT molecular complexity index is 955. The molecule has 146 valence electrons. The molecule has 0 aliphatic carbocycles. The Labute approximate surface area is 160 Å². The van der Waals surface area contributed by atoms with Gasteiger partial charge in [0, 0.05) is 12.3 Å². The standard InChI is InChI=1S/C19H20N4O5/c1-12-16(13(2)28-22-12)11-27-15-5-3-14(4-6-15)9-18(24)20-17-7-8-23(21-17)10-19(25)26/h3-8H,9-11H2,1-2H3,(H,25,26)(H,20,21,24). The summed E-state index contributed by atoms with van der Waals surface area (Å²) in [6.45, 7) is 3.80. The van der Waals surface area contributed by atoms with Crippen LogP contribution < -0.4 is 10.1 Å². The predicted octanol–water partition coefficient (Wildman–Crippen LogP) is 2.33. The van der Waals surface area contributed by atoms with E-state index in [1.807, 2.05) is 26.0 Å². The molecular formula is C19H20N4O5. The SMILES string of the molecule is Cc1noc(C)c1COc1ccc(CC(=O)Nc2ccn(CC(=O)O)n2)cc1. The van der Waals surface area contributed by atoms with Crippen molar-refractivity contribution < 1.29 is 24.0 Å². The molecule has 3 rings (SSSR count). The molecule has 1 amide bonds. The first-order chi connectivity index (χ1) is 13.4. The molecule has 0 bridgehead atoms. The Morgan fingerprint density at radius 2 is 1.96 bits per heavy atom. The van der Waals surface area contributed by atoms with Gasteiger partial charge in [-0.05, 0) is 31.5 Å². The van der Waals surface area contributed by atoms with Gasteiger partial charge in [-0.25, -0.2) is 0 Å². The lowest BCUT2D eigenvalue weighted by atomic mass is 10.1. The van der Waals surface area contributed by atoms with Crippen LogP contribution in [0.5, 0.6) is 5.75 Å². The number of anilines is 1. The van der Waals surface area contributed by atoms with Gasteiger partial charge in [0.25, 0.3) is 0 Å². The lowest BCUT2D eigenvalue weighted by molar-refractivity contribution is -0.137. The van der Waals surface area contributed by atoms with Gasteiger partial charge >= 0.3 is 5.97 Å². The van der Waals surface area contributed by atoms with Gasteiger partial charge in [0.15, 0.2) is 5.82 Å². The topological polar surface area (TPSA) is 119 Å². The summed E-state index contributed by atoms with van der Waals surface area (Å²) in [6.07, 6.45) is 1.66. The number of carboxylic acids is 1. The fourth-order valence-electron chi connectivity index (χ4n) is 2.59. The molecule has 0 unspecified atom stereocenters. The van der Waals surface area contributed by atoms with Gasteiger partial charge in [-0.15, -0.1) is 0 Å². The van der Waals surface area contributed by atoms with E-state index in [0.717, 1.165) is 22.6 Å². The van der Waals surface area contributed by atoms with E-state index in [2.05, 4.69) is 15.6 Å². The number of aryl methyl sites for hydroxylation is 2. The number of carboxylic acid groups (broad SMARTS) is 1. The number of amides is 1. The van der Waals surface area contributed by atoms with Crippen LogP contribution in [0.1, 0.15) is 22.6 Å². The van der Waals surface area contributed by atoms with Crippen molar-refractivity contribution in [3.05, 3.63) is 59.1 Å². The molecule has 0 radical (unpaired) electrons. The van der Waals surface area contributed by atoms with Crippen molar-refractivity contribution in [3.8, 4) is 5.75 Å². The number of hydrogen-bond donors (Lipinski definition) is 2. The van der Waals surface area contributed by atoms with E-state index in [9.17, 15) is 9.59 Å². The zero-order chi connectivity index (χ0) is 20.1. The van der Waals surface area contributed by atoms with E-state index in [4.69, 9.17) is 14.4 Å². The Morgan fingerprint density at radius 1 is 1.21 bits per heavy atom. The van der Waals surface area contributed by atoms with Gasteiger partial charge in [0.1, 0.15) is 24.7 Å². The summed E-state index contributed by atoms with van der Waals surface area (Å²) in [6, 6.07) is 8.76. The van der Waals surface area contributed by atoms with E-state index >= 15 is 0 Å². The molecule has 0 saturated carbocycles. The van der Waals surface area contributed by atoms with E-state index in [-0.39, 0.29) is 18.9 Å². The number of benzene rings is 1. The summed E-state index contributed by atoms with van der Waals surface area (Å²) in [7, 11) is 0. The Kier molecular flexibility index (Phi) is 5.73. The number of ether oxygens (including phenoxy) is 1. The van der Waals surface area contributed by atoms with Crippen molar-refractivity contribution in [1.82, 2.24) is 14.9 Å². The molecule has 2 N–H and O–H groups in total. The van der Waals surface area contributed by atoms with Crippen LogP contribution in [0.4, 0.5) is 5.82 Å². The first kappa shape index (κ1) is 19.2. The molecule has 0 atom stereocenters. The highest BCUT2D eigenvalue weighted by Crippen LogP contribution is 2.18. The van der Waals surface area contributed by atoms with Crippen LogP contribution in [0.25, 0.3) is 0 Å². The molecule has 9 nitrogen and oxygen atoms in total. The smallest absolute Gasteiger partial charge is 0.325 e. The van der Waals surface area contributed by atoms with Crippen molar-refractivity contribution >= 4 is 17.7 Å². The number of carbonyl (C=O) groups is 2. The summed E-state index contributed by atoms with van der Waals surface area (Å²) < 4.78 is 12.1. The maximum atomic E-state index is 12.1. The highest BCUT2D eigenvalue weighted by atomic mass is 16.5. The van der Waals surface area contributed by atoms with Gasteiger partial charge in [-0.2, -0.15) is 5.10 Å². The molecular weight excluding hydrogens is 364 g/mol. The molecule has 2 aromatic heterocycles. The molecule has 0 aliphatic rings. The fourth-order valence-corrected chi connectivity index (χ4v) is 2.59. The molecule has 0 fully saturated rings. The van der Waals surface area contributed by atoms with Crippen LogP contribution in [0, 0.1) is 13.8 Å². The first-order valence-corrected chi connectivity index (χ1v) is 8.59. The normalized spacial score (nSPS) is 10.6. The van der Waals surface area contributed by atoms with Crippen molar-refractivity contribution in [3.63, 3.8) is 0 Å². The summed E-state index contributed by atoms with van der Waals surface area (Å²) in [5.74, 6) is 0.474. The van der Waals surface area contributed by atoms with Gasteiger partial charge in [0.05, 0.1) is 17.7 Å². The third-order valence-electron chi connectivity index (χ3n) is 4.06. The third-order valence-corrected chi connectivity index (χ3v) is 4.06. The van der Waals surface area contributed by atoms with Crippen molar-refractivity contribution in [1.29, 1.82) is 0 Å². The summed E-state index contributed by atoms with van der Waals surface area (Å²) in [4.78, 5) is 22.8. The van der Waals surface area contributed by atoms with Crippen LogP contribution in [0.2, 0.25) is 0 Å². The Hall–Kier alpha value is -3.62. The molecule has 28 heavy (non-hydrogen) atoms. The molecule has 0 saturated heterocycles. The maximum absolute atomic E-state index is 12.1. The van der Waals surface area contributed by atoms with Crippen molar-refractivity contribution in [2.45, 2.75) is 33.4 Å². The van der Waals surface area contributed by atoms with Crippen LogP contribution in [0.15, 0.2) is 41.1 Å². The van der Waals surface area contributed by atoms with Crippen molar-refractivity contribution in [2.24, 2.45) is 0 Å². The Morgan fingerprint density at radius 3 is 2.61 bits per heavy atom. The number of carbonyl (C=O) groups excluding carboxylic acids is 1. The predicted molar refractivity (Wildman–Crippen MR) is 98.9 cm³/mol. The van der Waals surface area contributed by atoms with Crippen molar-refractivity contribution in [2.75, 3.05) is 5.32 Å². The van der Waals surface area contributed by atoms with Crippen LogP contribution in [-0.2, 0) is 29.2 Å². The van der Waals surface area contributed by atoms with Gasteiger partial charge < -0.3 is 19.7 Å². The van der Waals surface area contributed by atoms with Gasteiger partial charge in [-0.3, -0.25) is 14.3 Å². The largest absolute Gasteiger partial charge is 0.489 e. The average Bonchev–Trinajstić information content (AvgIpc) is 3.20. The molecule has 1 aromatic carbocycles. The second kappa shape index (κ2) is 8.38. The zero-order valence-corrected chi connectivity index (χ0v) is 15.5. The molecule has 2 heterocycles. The number of rotatable bonds is 8. The van der Waals surface area contributed by atoms with E-state index < -0.39 is 5.97 Å². The van der Waals surface area contributed by atoms with Crippen LogP contribution in [0.3, 0.4) is 0 Å². The molecule has 0 aliphatic heterocycles. The lowest BCUT2D eigenvalue weighted by Gasteiger charge is -2.07. The quantitative estimate of drug-likeness (QED) is 0.612.